The van der Waals surface area contributed by atoms with Gasteiger partial charge in [0.15, 0.2) is 5.84 Å². The number of thiophene rings is 1. The maximum Gasteiger partial charge on any atom is 0.160 e. The van der Waals surface area contributed by atoms with Crippen molar-refractivity contribution in [2.75, 3.05) is 0 Å². The van der Waals surface area contributed by atoms with Crippen LogP contribution in [0.1, 0.15) is 92.5 Å². The Labute approximate surface area is 384 Å². The summed E-state index contributed by atoms with van der Waals surface area (Å²) in [4.78, 5) is 12.4. The summed E-state index contributed by atoms with van der Waals surface area (Å²) in [5, 5.41) is 5.15. The molecule has 2 heterocycles. The molecule has 0 fully saturated rings. The first-order valence-electron chi connectivity index (χ1n) is 22.8. The Morgan fingerprint density at radius 2 is 1.14 bits per heavy atom. The molecular formula is C61H45N3S. The van der Waals surface area contributed by atoms with E-state index in [1.807, 2.05) is 11.3 Å². The maximum absolute atomic E-state index is 5.52. The smallest absolute Gasteiger partial charge is 0.160 e. The minimum Gasteiger partial charge on any atom is -0.344 e. The number of rotatable bonds is 5. The molecule has 1 unspecified atom stereocenters. The number of aryl methyl sites for hydroxylation is 1. The molecule has 1 spiro atoms. The highest BCUT2D eigenvalue weighted by Crippen LogP contribution is 2.63. The molecule has 0 saturated carbocycles. The second-order valence-corrected chi connectivity index (χ2v) is 19.5. The highest BCUT2D eigenvalue weighted by molar-refractivity contribution is 7.20. The molecule has 0 amide bonds. The van der Waals surface area contributed by atoms with Crippen molar-refractivity contribution >= 4 is 44.7 Å². The largest absolute Gasteiger partial charge is 0.344 e. The molecule has 1 atom stereocenters. The molecule has 3 aliphatic carbocycles. The van der Waals surface area contributed by atoms with Crippen LogP contribution in [0, 0.1) is 0 Å². The van der Waals surface area contributed by atoms with Crippen molar-refractivity contribution in [3.05, 3.63) is 260 Å². The third-order valence-corrected chi connectivity index (χ3v) is 15.7. The summed E-state index contributed by atoms with van der Waals surface area (Å²) in [5.41, 5.74) is 19.4. The topological polar surface area (TPSA) is 36.8 Å². The third kappa shape index (κ3) is 5.73. The molecule has 4 heteroatoms. The van der Waals surface area contributed by atoms with Crippen LogP contribution in [0.3, 0.4) is 0 Å². The minimum atomic E-state index is -0.548. The number of nitrogens with zero attached hydrogens (tertiary/aromatic N) is 2. The van der Waals surface area contributed by atoms with Crippen LogP contribution in [0.15, 0.2) is 204 Å². The lowest BCUT2D eigenvalue weighted by Crippen LogP contribution is -2.40. The van der Waals surface area contributed by atoms with E-state index in [0.29, 0.717) is 0 Å². The van der Waals surface area contributed by atoms with Gasteiger partial charge in [-0.2, -0.15) is 0 Å². The van der Waals surface area contributed by atoms with Crippen LogP contribution >= 0.6 is 11.3 Å². The number of allylic oxidation sites excluding steroid dienone is 1. The molecule has 3 nitrogen and oxygen atoms in total. The van der Waals surface area contributed by atoms with E-state index in [-0.39, 0.29) is 11.6 Å². The average molecular weight is 852 g/mol. The van der Waals surface area contributed by atoms with Crippen molar-refractivity contribution in [2.24, 2.45) is 9.98 Å². The predicted octanol–water partition coefficient (Wildman–Crippen LogP) is 14.6. The minimum absolute atomic E-state index is 0.189. The number of amidine groups is 2. The van der Waals surface area contributed by atoms with E-state index < -0.39 is 5.41 Å². The van der Waals surface area contributed by atoms with Crippen molar-refractivity contribution in [1.29, 1.82) is 0 Å². The van der Waals surface area contributed by atoms with Crippen molar-refractivity contribution in [3.8, 4) is 22.3 Å². The van der Waals surface area contributed by atoms with Gasteiger partial charge >= 0.3 is 0 Å². The molecule has 0 bridgehead atoms. The number of hydrogen-bond donors (Lipinski definition) is 1. The number of fused-ring (bicyclic) bond motifs is 12. The van der Waals surface area contributed by atoms with Gasteiger partial charge in [-0.05, 0) is 114 Å². The van der Waals surface area contributed by atoms with Gasteiger partial charge < -0.3 is 5.32 Å². The number of hydrogen-bond acceptors (Lipinski definition) is 4. The molecule has 1 aromatic heterocycles. The number of benzene rings is 8. The Kier molecular flexibility index (Phi) is 8.54. The van der Waals surface area contributed by atoms with Crippen LogP contribution < -0.4 is 5.32 Å². The van der Waals surface area contributed by atoms with Crippen LogP contribution in [-0.4, -0.2) is 11.7 Å². The highest BCUT2D eigenvalue weighted by Gasteiger charge is 2.54. The van der Waals surface area contributed by atoms with Crippen molar-refractivity contribution < 1.29 is 0 Å². The van der Waals surface area contributed by atoms with E-state index in [0.717, 1.165) is 41.2 Å². The lowest BCUT2D eigenvalue weighted by molar-refractivity contribution is 0.563. The summed E-state index contributed by atoms with van der Waals surface area (Å²) in [6.45, 7) is 4.78. The fourth-order valence-electron chi connectivity index (χ4n) is 11.5. The summed E-state index contributed by atoms with van der Waals surface area (Å²) in [5.74, 6) is 1.54. The molecule has 4 aliphatic rings. The first-order chi connectivity index (χ1) is 32.0. The van der Waals surface area contributed by atoms with Gasteiger partial charge in [-0.25, -0.2) is 9.98 Å². The van der Waals surface area contributed by atoms with Gasteiger partial charge in [-0.1, -0.05) is 196 Å². The molecule has 8 aromatic carbocycles. The molecule has 9 aromatic rings. The van der Waals surface area contributed by atoms with Gasteiger partial charge in [0.2, 0.25) is 0 Å². The van der Waals surface area contributed by atoms with Crippen LogP contribution in [0.25, 0.3) is 44.0 Å². The normalized spacial score (nSPS) is 17.1. The first-order valence-corrected chi connectivity index (χ1v) is 23.6. The van der Waals surface area contributed by atoms with E-state index in [2.05, 4.69) is 219 Å². The SMILES string of the molecule is CC1(C)c2ccccc2C2(c3ccc(C4=Cc5sc6ccccc6c5CC4)cc3-c3c(C4=NC(c5ccccc5)NC(c5ccc(-c6ccccc6)cc5)=N4)cccc32)c2ccccc21. The summed E-state index contributed by atoms with van der Waals surface area (Å²) in [6, 6.07) is 71.4. The molecule has 13 rings (SSSR count). The molecular weight excluding hydrogens is 807 g/mol. The monoisotopic (exact) mass is 851 g/mol. The van der Waals surface area contributed by atoms with E-state index >= 15 is 0 Å². The molecule has 310 valence electrons. The lowest BCUT2D eigenvalue weighted by atomic mass is 9.55. The lowest BCUT2D eigenvalue weighted by Gasteiger charge is -2.46. The van der Waals surface area contributed by atoms with Crippen LogP contribution in [-0.2, 0) is 17.3 Å². The standard InChI is InChI=1S/C61H45N3S/c1-60(2)49-22-10-12-24-51(49)61(52-25-13-11-23-50(52)60)48-35-33-42(43-32-34-45-44-20-9-14-27-54(44)65-55(45)37-43)36-47(48)56-46(21-15-26-53(56)61)59-63-57(40-18-7-4-8-19-40)62-58(64-59)41-30-28-39(29-31-41)38-16-5-3-6-17-38/h3-31,33,35-37,57H,32,34H2,1-2H3,(H,62,63,64). The Morgan fingerprint density at radius 1 is 0.523 bits per heavy atom. The number of nitrogens with one attached hydrogen (secondary N) is 1. The molecule has 0 saturated heterocycles. The fourth-order valence-corrected chi connectivity index (χ4v) is 12.7. The van der Waals surface area contributed by atoms with E-state index in [4.69, 9.17) is 9.98 Å². The van der Waals surface area contributed by atoms with Gasteiger partial charge in [0.05, 0.1) is 5.41 Å². The van der Waals surface area contributed by atoms with Gasteiger partial charge in [0.25, 0.3) is 0 Å². The summed E-state index contributed by atoms with van der Waals surface area (Å²) < 4.78 is 1.37. The molecule has 1 N–H and O–H groups in total. The zero-order valence-electron chi connectivity index (χ0n) is 36.3. The van der Waals surface area contributed by atoms with E-state index in [1.54, 1.807) is 0 Å². The maximum atomic E-state index is 5.52. The first kappa shape index (κ1) is 38.1. The molecule has 0 radical (unpaired) electrons. The fraction of sp³-hybridized carbons (Fsp3) is 0.115. The van der Waals surface area contributed by atoms with Crippen LogP contribution in [0.4, 0.5) is 0 Å². The van der Waals surface area contributed by atoms with Gasteiger partial charge in [0.1, 0.15) is 12.0 Å². The number of aliphatic imine (C=N–C) groups is 2. The van der Waals surface area contributed by atoms with Crippen molar-refractivity contribution in [1.82, 2.24) is 5.32 Å². The second-order valence-electron chi connectivity index (χ2n) is 18.4. The van der Waals surface area contributed by atoms with E-state index in [9.17, 15) is 0 Å². The summed E-state index contributed by atoms with van der Waals surface area (Å²) >= 11 is 1.92. The van der Waals surface area contributed by atoms with Gasteiger partial charge in [-0.15, -0.1) is 11.3 Å². The second kappa shape index (κ2) is 14.6. The Hall–Kier alpha value is -7.40. The average Bonchev–Trinajstić information content (AvgIpc) is 3.89. The molecule has 65 heavy (non-hydrogen) atoms. The Bertz CT molecular complexity index is 3430. The Morgan fingerprint density at radius 3 is 1.89 bits per heavy atom. The predicted molar refractivity (Wildman–Crippen MR) is 271 cm³/mol. The van der Waals surface area contributed by atoms with Crippen molar-refractivity contribution in [3.63, 3.8) is 0 Å². The van der Waals surface area contributed by atoms with Crippen LogP contribution in [0.5, 0.6) is 0 Å². The van der Waals surface area contributed by atoms with E-state index in [1.165, 1.54) is 87.3 Å². The van der Waals surface area contributed by atoms with Crippen LogP contribution in [0.2, 0.25) is 0 Å². The third-order valence-electron chi connectivity index (χ3n) is 14.6. The molecule has 1 aliphatic heterocycles. The van der Waals surface area contributed by atoms with Gasteiger partial charge in [-0.3, -0.25) is 0 Å². The quantitative estimate of drug-likeness (QED) is 0.184. The zero-order valence-corrected chi connectivity index (χ0v) is 37.2. The van der Waals surface area contributed by atoms with Crippen molar-refractivity contribution in [2.45, 2.75) is 43.7 Å². The zero-order chi connectivity index (χ0) is 43.3. The summed E-state index contributed by atoms with van der Waals surface area (Å²) in [6.07, 6.45) is 4.18. The summed E-state index contributed by atoms with van der Waals surface area (Å²) in [7, 11) is 0. The Balaban J connectivity index is 1.05. The van der Waals surface area contributed by atoms with Gasteiger partial charge in [0, 0.05) is 26.1 Å². The highest BCUT2D eigenvalue weighted by atomic mass is 32.1.